The number of aromatic hydroxyl groups is 3. The number of phenols is 1. The number of carboxylic acids is 1. The van der Waals surface area contributed by atoms with Crippen molar-refractivity contribution in [2.75, 3.05) is 11.5 Å². The Hall–Kier alpha value is -3.49. The first-order valence-electron chi connectivity index (χ1n) is 11.4. The van der Waals surface area contributed by atoms with Crippen LogP contribution in [-0.4, -0.2) is 92.2 Å². The van der Waals surface area contributed by atoms with Crippen LogP contribution in [0.15, 0.2) is 45.4 Å². The Kier molecular flexibility index (Phi) is 9.89. The van der Waals surface area contributed by atoms with E-state index in [9.17, 15) is 39.6 Å². The molecule has 3 aromatic rings. The van der Waals surface area contributed by atoms with Crippen molar-refractivity contribution in [2.45, 2.75) is 21.8 Å². The van der Waals surface area contributed by atoms with Gasteiger partial charge in [-0.3, -0.25) is 19.3 Å². The third kappa shape index (κ3) is 6.45. The maximum atomic E-state index is 13.4. The van der Waals surface area contributed by atoms with E-state index in [-0.39, 0.29) is 58.1 Å². The van der Waals surface area contributed by atoms with Crippen molar-refractivity contribution in [3.8, 4) is 17.6 Å². The number of aliphatic carboxylic acids is 1. The van der Waals surface area contributed by atoms with E-state index in [2.05, 4.69) is 36.0 Å². The maximum Gasteiger partial charge on any atom is 1.00 e. The summed E-state index contributed by atoms with van der Waals surface area (Å²) in [5.74, 6) is -4.70. The predicted octanol–water partition coefficient (Wildman–Crippen LogP) is -4.49. The van der Waals surface area contributed by atoms with Crippen LogP contribution in [-0.2, 0) is 14.4 Å². The molecule has 0 spiro atoms. The molecule has 20 heteroatoms. The van der Waals surface area contributed by atoms with Crippen LogP contribution in [0.1, 0.15) is 22.1 Å². The van der Waals surface area contributed by atoms with E-state index in [1.807, 2.05) is 0 Å². The van der Waals surface area contributed by atoms with Crippen LogP contribution in [0, 0.1) is 0 Å². The van der Waals surface area contributed by atoms with Crippen LogP contribution < -0.4 is 45.3 Å². The summed E-state index contributed by atoms with van der Waals surface area (Å²) in [5, 5.41) is 59.1. The van der Waals surface area contributed by atoms with Crippen molar-refractivity contribution in [1.29, 1.82) is 0 Å². The Bertz CT molecular complexity index is 1560. The summed E-state index contributed by atoms with van der Waals surface area (Å²) in [4.78, 5) is 55.6. The van der Waals surface area contributed by atoms with Crippen molar-refractivity contribution in [1.82, 2.24) is 40.9 Å². The number of rotatable bonds is 9. The normalized spacial score (nSPS) is 18.3. The van der Waals surface area contributed by atoms with E-state index < -0.39 is 58.7 Å². The number of hydrogen-bond acceptors (Lipinski definition) is 16. The van der Waals surface area contributed by atoms with Crippen molar-refractivity contribution in [3.05, 3.63) is 52.3 Å². The average molecular weight is 641 g/mol. The number of hydrogen-bond donors (Lipinski definition) is 5. The molecule has 42 heavy (non-hydrogen) atoms. The van der Waals surface area contributed by atoms with Gasteiger partial charge in [-0.05, 0) is 23.3 Å². The van der Waals surface area contributed by atoms with Crippen LogP contribution in [0.4, 0.5) is 0 Å². The third-order valence-electron chi connectivity index (χ3n) is 5.88. The number of nitrogens with one attached hydrogen (secondary N) is 2. The molecule has 1 fully saturated rings. The molecule has 5 N–H and O–H groups in total. The van der Waals surface area contributed by atoms with Crippen LogP contribution in [0.2, 0.25) is 0 Å². The van der Waals surface area contributed by atoms with E-state index in [4.69, 9.17) is 0 Å². The number of thioether (sulfide) groups is 2. The van der Waals surface area contributed by atoms with E-state index in [1.54, 1.807) is 5.51 Å². The molecule has 2 unspecified atom stereocenters. The monoisotopic (exact) mass is 640 g/mol. The number of phenolic OH excluding ortho intramolecular Hbond substituents is 1. The SMILES string of the molecule is O=C([O-])C1=C(CSc2nncs2)CS[C@H]2C(NC(=O)C(NC(=O)c3nnc(O)nc3O)c3ccc(O)cc3)C(=O)N12.[Na+]. The molecule has 2 aliphatic rings. The number of benzene rings is 1. The summed E-state index contributed by atoms with van der Waals surface area (Å²) in [6.07, 6.45) is 0. The zero-order chi connectivity index (χ0) is 29.3. The Balaban J connectivity index is 0.00000405. The Morgan fingerprint density at radius 1 is 1.14 bits per heavy atom. The average Bonchev–Trinajstić information content (AvgIpc) is 3.47. The second-order valence-electron chi connectivity index (χ2n) is 8.41. The molecule has 212 valence electrons. The fourth-order valence-electron chi connectivity index (χ4n) is 4.02. The van der Waals surface area contributed by atoms with E-state index in [0.717, 1.165) is 4.90 Å². The minimum Gasteiger partial charge on any atom is -0.543 e. The van der Waals surface area contributed by atoms with Gasteiger partial charge in [0.1, 0.15) is 28.7 Å². The van der Waals surface area contributed by atoms with Crippen molar-refractivity contribution >= 4 is 58.6 Å². The molecule has 4 heterocycles. The molecule has 0 bridgehead atoms. The molecule has 5 rings (SSSR count). The zero-order valence-electron chi connectivity index (χ0n) is 21.3. The molecule has 1 aromatic carbocycles. The Morgan fingerprint density at radius 2 is 1.88 bits per heavy atom. The van der Waals surface area contributed by atoms with Crippen LogP contribution >= 0.6 is 34.9 Å². The first-order chi connectivity index (χ1) is 19.6. The number of nitrogens with zero attached hydrogens (tertiary/aromatic N) is 6. The summed E-state index contributed by atoms with van der Waals surface area (Å²) in [7, 11) is 0. The van der Waals surface area contributed by atoms with Crippen LogP contribution in [0.3, 0.4) is 0 Å². The van der Waals surface area contributed by atoms with Gasteiger partial charge in [-0.15, -0.1) is 27.1 Å². The van der Waals surface area contributed by atoms with Gasteiger partial charge in [-0.1, -0.05) is 40.3 Å². The largest absolute Gasteiger partial charge is 1.00 e. The van der Waals surface area contributed by atoms with E-state index in [0.29, 0.717) is 9.91 Å². The van der Waals surface area contributed by atoms with Gasteiger partial charge in [0.05, 0.1) is 11.7 Å². The molecule has 2 aliphatic heterocycles. The number of amides is 3. The summed E-state index contributed by atoms with van der Waals surface area (Å²) >= 11 is 3.81. The molecule has 1 saturated heterocycles. The fraction of sp³-hybridized carbons (Fsp3) is 0.227. The minimum atomic E-state index is -1.53. The zero-order valence-corrected chi connectivity index (χ0v) is 25.8. The molecular formula is C22H17N8NaO8S3. The summed E-state index contributed by atoms with van der Waals surface area (Å²) in [6.45, 7) is 0. The molecule has 3 amide bonds. The van der Waals surface area contributed by atoms with Crippen molar-refractivity contribution in [3.63, 3.8) is 0 Å². The molecule has 0 radical (unpaired) electrons. The first kappa shape index (κ1) is 31.4. The fourth-order valence-corrected chi connectivity index (χ4v) is 6.99. The Morgan fingerprint density at radius 3 is 2.52 bits per heavy atom. The number of β-lactam (4-membered cyclic amide) rings is 1. The van der Waals surface area contributed by atoms with E-state index in [1.165, 1.54) is 59.1 Å². The molecule has 16 nitrogen and oxygen atoms in total. The standard InChI is InChI=1S/C22H18N8O8S3.Na/c31-10-3-1-8(2-4-10)11(24-16(33)12-17(34)26-21(38)28-27-12)15(32)25-13-18(35)30-14(20(36)37)9(5-39-19(13)30)6-40-22-29-23-7-41-22;/h1-4,7,11,13,19,31H,5-6H2,(H,24,33)(H,25,32)(H,36,37)(H2,26,28,34,38);/q;+1/p-1/t11?,13?,19-;/m0./s1. The van der Waals surface area contributed by atoms with Gasteiger partial charge in [0.2, 0.25) is 17.5 Å². The number of fused-ring (bicyclic) bond motifs is 1. The second kappa shape index (κ2) is 13.2. The first-order valence-corrected chi connectivity index (χ1v) is 14.3. The molecular weight excluding hydrogens is 623 g/mol. The van der Waals surface area contributed by atoms with Gasteiger partial charge in [-0.25, -0.2) is 0 Å². The molecule has 0 saturated carbocycles. The van der Waals surface area contributed by atoms with Crippen molar-refractivity contribution < 1.29 is 69.2 Å². The molecule has 0 aliphatic carbocycles. The smallest absolute Gasteiger partial charge is 0.543 e. The van der Waals surface area contributed by atoms with Gasteiger partial charge < -0.3 is 35.9 Å². The number of carboxylic acid groups (broad SMARTS) is 1. The quantitative estimate of drug-likeness (QED) is 0.0841. The van der Waals surface area contributed by atoms with Gasteiger partial charge >= 0.3 is 35.6 Å². The summed E-state index contributed by atoms with van der Waals surface area (Å²) < 4.78 is 0.632. The minimum absolute atomic E-state index is 0. The van der Waals surface area contributed by atoms with Crippen molar-refractivity contribution in [2.24, 2.45) is 0 Å². The topological polar surface area (TPSA) is 244 Å². The maximum absolute atomic E-state index is 13.4. The van der Waals surface area contributed by atoms with Gasteiger partial charge in [0.15, 0.2) is 4.34 Å². The van der Waals surface area contributed by atoms with E-state index >= 15 is 0 Å². The van der Waals surface area contributed by atoms with Gasteiger partial charge in [0.25, 0.3) is 11.8 Å². The Labute approximate surface area is 270 Å². The van der Waals surface area contributed by atoms with Crippen LogP contribution in [0.5, 0.6) is 17.6 Å². The number of carbonyl (C=O) groups excluding carboxylic acids is 4. The third-order valence-corrected chi connectivity index (χ3v) is 9.17. The number of carbonyl (C=O) groups is 4. The number of aromatic nitrogens is 5. The second-order valence-corrected chi connectivity index (χ2v) is 11.6. The van der Waals surface area contributed by atoms with Gasteiger partial charge in [-0.2, -0.15) is 4.98 Å². The molecule has 3 atom stereocenters. The predicted molar refractivity (Wildman–Crippen MR) is 139 cm³/mol. The summed E-state index contributed by atoms with van der Waals surface area (Å²) in [5.41, 5.74) is 1.25. The van der Waals surface area contributed by atoms with Crippen LogP contribution in [0.25, 0.3) is 0 Å². The van der Waals surface area contributed by atoms with Gasteiger partial charge in [0, 0.05) is 11.5 Å². The molecule has 2 aromatic heterocycles. The summed E-state index contributed by atoms with van der Waals surface area (Å²) in [6, 6.07) is 1.78.